The zero-order chi connectivity index (χ0) is 17.7. The fourth-order valence-corrected chi connectivity index (χ4v) is 3.03. The average Bonchev–Trinajstić information content (AvgIpc) is 2.91. The van der Waals surface area contributed by atoms with Gasteiger partial charge in [-0.15, -0.1) is 0 Å². The monoisotopic (exact) mass is 348 g/mol. The number of guanidine groups is 1. The minimum Gasteiger partial charge on any atom is -0.478 e. The molecule has 1 heterocycles. The molecule has 0 amide bonds. The van der Waals surface area contributed by atoms with Crippen LogP contribution in [0, 0.1) is 0 Å². The quantitative estimate of drug-likeness (QED) is 0.327. The molecule has 0 saturated heterocycles. The molecule has 1 aromatic heterocycles. The Morgan fingerprint density at radius 2 is 2.04 bits per heavy atom. The van der Waals surface area contributed by atoms with Crippen LogP contribution in [0.15, 0.2) is 23.3 Å². The van der Waals surface area contributed by atoms with E-state index in [1.165, 1.54) is 38.5 Å². The molecule has 1 saturated carbocycles. The first-order chi connectivity index (χ1) is 12.3. The number of aliphatic imine (C=N–C) groups is 1. The highest BCUT2D eigenvalue weighted by molar-refractivity contribution is 5.79. The summed E-state index contributed by atoms with van der Waals surface area (Å²) < 4.78 is 11.5. The van der Waals surface area contributed by atoms with Gasteiger partial charge in [0.25, 0.3) is 0 Å². The molecular weight excluding hydrogens is 316 g/mol. The van der Waals surface area contributed by atoms with Crippen LogP contribution in [0.1, 0.15) is 51.0 Å². The fraction of sp³-hybridized carbons (Fsp3) is 0.684. The molecule has 0 aliphatic heterocycles. The van der Waals surface area contributed by atoms with Gasteiger partial charge in [0.15, 0.2) is 5.96 Å². The van der Waals surface area contributed by atoms with E-state index in [2.05, 4.69) is 20.6 Å². The maximum absolute atomic E-state index is 6.00. The van der Waals surface area contributed by atoms with Crippen molar-refractivity contribution in [2.24, 2.45) is 4.99 Å². The summed E-state index contributed by atoms with van der Waals surface area (Å²) in [4.78, 5) is 8.52. The summed E-state index contributed by atoms with van der Waals surface area (Å²) in [5, 5.41) is 6.60. The van der Waals surface area contributed by atoms with Gasteiger partial charge in [0, 0.05) is 31.9 Å². The van der Waals surface area contributed by atoms with Crippen molar-refractivity contribution >= 4 is 5.96 Å². The Bertz CT molecular complexity index is 514. The van der Waals surface area contributed by atoms with Crippen LogP contribution in [-0.2, 0) is 11.3 Å². The van der Waals surface area contributed by atoms with Gasteiger partial charge in [-0.1, -0.05) is 31.7 Å². The van der Waals surface area contributed by atoms with Crippen LogP contribution in [0.4, 0.5) is 0 Å². The second kappa shape index (κ2) is 11.7. The zero-order valence-corrected chi connectivity index (χ0v) is 15.6. The van der Waals surface area contributed by atoms with Crippen molar-refractivity contribution in [3.05, 3.63) is 23.9 Å². The number of hydrogen-bond donors (Lipinski definition) is 2. The standard InChI is InChI=1S/C19H32N4O2/c1-3-24-18-16(9-8-12-21-18)15-23-19(20-2)22-13-14-25-17-10-6-4-5-7-11-17/h8-9,12,17H,3-7,10-11,13-15H2,1-2H3,(H2,20,22,23). The van der Waals surface area contributed by atoms with E-state index in [-0.39, 0.29) is 0 Å². The van der Waals surface area contributed by atoms with Gasteiger partial charge < -0.3 is 20.1 Å². The topological polar surface area (TPSA) is 67.8 Å². The smallest absolute Gasteiger partial charge is 0.218 e. The summed E-state index contributed by atoms with van der Waals surface area (Å²) in [7, 11) is 1.77. The van der Waals surface area contributed by atoms with Crippen molar-refractivity contribution < 1.29 is 9.47 Å². The van der Waals surface area contributed by atoms with Crippen LogP contribution in [-0.4, -0.2) is 43.9 Å². The largest absolute Gasteiger partial charge is 0.478 e. The molecule has 1 fully saturated rings. The Morgan fingerprint density at radius 1 is 1.24 bits per heavy atom. The van der Waals surface area contributed by atoms with E-state index in [1.54, 1.807) is 13.2 Å². The molecule has 0 aromatic carbocycles. The molecule has 0 radical (unpaired) electrons. The first kappa shape index (κ1) is 19.5. The molecule has 0 spiro atoms. The zero-order valence-electron chi connectivity index (χ0n) is 15.6. The van der Waals surface area contributed by atoms with Gasteiger partial charge in [0.1, 0.15) is 0 Å². The van der Waals surface area contributed by atoms with Crippen molar-refractivity contribution in [3.63, 3.8) is 0 Å². The van der Waals surface area contributed by atoms with Crippen molar-refractivity contribution in [2.75, 3.05) is 26.8 Å². The van der Waals surface area contributed by atoms with E-state index < -0.39 is 0 Å². The molecule has 6 heteroatoms. The van der Waals surface area contributed by atoms with Gasteiger partial charge in [0.2, 0.25) is 5.88 Å². The lowest BCUT2D eigenvalue weighted by molar-refractivity contribution is 0.0468. The molecule has 1 aliphatic carbocycles. The Labute approximate surface area is 151 Å². The Morgan fingerprint density at radius 3 is 2.76 bits per heavy atom. The molecule has 2 rings (SSSR count). The van der Waals surface area contributed by atoms with Gasteiger partial charge in [-0.2, -0.15) is 0 Å². The van der Waals surface area contributed by atoms with Crippen molar-refractivity contribution in [1.82, 2.24) is 15.6 Å². The summed E-state index contributed by atoms with van der Waals surface area (Å²) in [5.41, 5.74) is 1.02. The lowest BCUT2D eigenvalue weighted by Gasteiger charge is -2.17. The van der Waals surface area contributed by atoms with Gasteiger partial charge in [-0.05, 0) is 25.8 Å². The summed E-state index contributed by atoms with van der Waals surface area (Å²) in [6.07, 6.45) is 9.89. The van der Waals surface area contributed by atoms with Crippen LogP contribution >= 0.6 is 0 Å². The molecule has 25 heavy (non-hydrogen) atoms. The molecule has 1 aliphatic rings. The van der Waals surface area contributed by atoms with Crippen molar-refractivity contribution in [2.45, 2.75) is 58.1 Å². The van der Waals surface area contributed by atoms with Gasteiger partial charge in [0.05, 0.1) is 19.3 Å². The van der Waals surface area contributed by atoms with E-state index in [0.717, 1.165) is 18.1 Å². The second-order valence-corrected chi connectivity index (χ2v) is 6.24. The van der Waals surface area contributed by atoms with Gasteiger partial charge >= 0.3 is 0 Å². The molecule has 2 N–H and O–H groups in total. The maximum Gasteiger partial charge on any atom is 0.218 e. The lowest BCUT2D eigenvalue weighted by atomic mass is 10.1. The summed E-state index contributed by atoms with van der Waals surface area (Å²) >= 11 is 0. The summed E-state index contributed by atoms with van der Waals surface area (Å²) in [5.74, 6) is 1.43. The first-order valence-electron chi connectivity index (χ1n) is 9.46. The number of rotatable bonds is 8. The third-order valence-corrected chi connectivity index (χ3v) is 4.35. The number of aromatic nitrogens is 1. The predicted molar refractivity (Wildman–Crippen MR) is 101 cm³/mol. The number of nitrogens with one attached hydrogen (secondary N) is 2. The highest BCUT2D eigenvalue weighted by Gasteiger charge is 2.12. The molecule has 140 valence electrons. The number of ether oxygens (including phenoxy) is 2. The lowest BCUT2D eigenvalue weighted by Crippen LogP contribution is -2.39. The number of nitrogens with zero attached hydrogens (tertiary/aromatic N) is 2. The van der Waals surface area contributed by atoms with Crippen LogP contribution < -0.4 is 15.4 Å². The molecule has 0 unspecified atom stereocenters. The maximum atomic E-state index is 6.00. The summed E-state index contributed by atoms with van der Waals surface area (Å²) in [6.45, 7) is 4.65. The normalized spacial score (nSPS) is 16.3. The van der Waals surface area contributed by atoms with Crippen molar-refractivity contribution in [3.8, 4) is 5.88 Å². The van der Waals surface area contributed by atoms with Gasteiger partial charge in [-0.3, -0.25) is 4.99 Å². The van der Waals surface area contributed by atoms with E-state index in [0.29, 0.717) is 31.7 Å². The third-order valence-electron chi connectivity index (χ3n) is 4.35. The summed E-state index contributed by atoms with van der Waals surface area (Å²) in [6, 6.07) is 3.92. The van der Waals surface area contributed by atoms with E-state index in [9.17, 15) is 0 Å². The fourth-order valence-electron chi connectivity index (χ4n) is 3.03. The first-order valence-corrected chi connectivity index (χ1v) is 9.46. The minimum atomic E-state index is 0.434. The number of hydrogen-bond acceptors (Lipinski definition) is 4. The molecule has 1 aromatic rings. The molecular formula is C19H32N4O2. The highest BCUT2D eigenvalue weighted by Crippen LogP contribution is 2.19. The van der Waals surface area contributed by atoms with Crippen LogP contribution in [0.2, 0.25) is 0 Å². The SMILES string of the molecule is CCOc1ncccc1CNC(=NC)NCCOC1CCCCCC1. The number of pyridine rings is 1. The van der Waals surface area contributed by atoms with Crippen LogP contribution in [0.25, 0.3) is 0 Å². The van der Waals surface area contributed by atoms with Crippen molar-refractivity contribution in [1.29, 1.82) is 0 Å². The van der Waals surface area contributed by atoms with Crippen LogP contribution in [0.3, 0.4) is 0 Å². The highest BCUT2D eigenvalue weighted by atomic mass is 16.5. The van der Waals surface area contributed by atoms with E-state index in [4.69, 9.17) is 9.47 Å². The third kappa shape index (κ3) is 7.30. The predicted octanol–water partition coefficient (Wildman–Crippen LogP) is 2.88. The minimum absolute atomic E-state index is 0.434. The molecule has 0 bridgehead atoms. The molecule has 0 atom stereocenters. The van der Waals surface area contributed by atoms with E-state index >= 15 is 0 Å². The van der Waals surface area contributed by atoms with Gasteiger partial charge in [-0.25, -0.2) is 4.98 Å². The Kier molecular flexibility index (Phi) is 9.12. The Hall–Kier alpha value is -1.82. The van der Waals surface area contributed by atoms with E-state index in [1.807, 2.05) is 19.1 Å². The molecule has 6 nitrogen and oxygen atoms in total. The average molecular weight is 348 g/mol. The van der Waals surface area contributed by atoms with Crippen LogP contribution in [0.5, 0.6) is 5.88 Å². The second-order valence-electron chi connectivity index (χ2n) is 6.24. The Balaban J connectivity index is 1.68.